The van der Waals surface area contributed by atoms with Gasteiger partial charge in [0, 0.05) is 21.7 Å². The number of nitrogen functional groups attached to an aromatic ring is 1. The van der Waals surface area contributed by atoms with Crippen molar-refractivity contribution in [2.75, 3.05) is 11.1 Å². The second-order valence-electron chi connectivity index (χ2n) is 5.48. The molecule has 0 aliphatic rings. The van der Waals surface area contributed by atoms with E-state index >= 15 is 0 Å². The molecule has 1 aromatic heterocycles. The molecule has 1 amide bonds. The van der Waals surface area contributed by atoms with Crippen LogP contribution >= 0.6 is 34.5 Å². The molecular formula is C18H15Cl2N3O2S. The van der Waals surface area contributed by atoms with Gasteiger partial charge in [0.05, 0.1) is 10.7 Å². The number of carbonyl (C=O) groups excluding carboxylic acids is 1. The summed E-state index contributed by atoms with van der Waals surface area (Å²) in [6.07, 6.45) is -0.752. The summed E-state index contributed by atoms with van der Waals surface area (Å²) in [5, 5.41) is 5.94. The molecule has 0 fully saturated rings. The highest BCUT2D eigenvalue weighted by Gasteiger charge is 2.18. The highest BCUT2D eigenvalue weighted by Crippen LogP contribution is 2.29. The van der Waals surface area contributed by atoms with Gasteiger partial charge in [-0.15, -0.1) is 11.3 Å². The molecule has 3 aromatic rings. The fraction of sp³-hybridized carbons (Fsp3) is 0.111. The summed E-state index contributed by atoms with van der Waals surface area (Å²) in [6.45, 7) is 1.63. The van der Waals surface area contributed by atoms with Gasteiger partial charge in [-0.05, 0) is 37.3 Å². The third kappa shape index (κ3) is 4.46. The molecule has 5 nitrogen and oxygen atoms in total. The van der Waals surface area contributed by atoms with Gasteiger partial charge in [-0.3, -0.25) is 10.1 Å². The van der Waals surface area contributed by atoms with Crippen LogP contribution in [0, 0.1) is 0 Å². The van der Waals surface area contributed by atoms with Crippen LogP contribution in [0.15, 0.2) is 47.8 Å². The van der Waals surface area contributed by atoms with Crippen LogP contribution in [-0.2, 0) is 4.79 Å². The van der Waals surface area contributed by atoms with Gasteiger partial charge < -0.3 is 10.5 Å². The zero-order valence-corrected chi connectivity index (χ0v) is 16.0. The minimum Gasteiger partial charge on any atom is -0.479 e. The number of aromatic nitrogens is 1. The number of ether oxygens (including phenoxy) is 1. The summed E-state index contributed by atoms with van der Waals surface area (Å²) in [5.74, 6) is 0.0645. The van der Waals surface area contributed by atoms with E-state index < -0.39 is 6.10 Å². The molecule has 0 saturated carbocycles. The Bertz CT molecular complexity index is 928. The first-order valence-electron chi connectivity index (χ1n) is 7.66. The molecule has 3 N–H and O–H groups in total. The van der Waals surface area contributed by atoms with Crippen LogP contribution in [0.25, 0.3) is 11.3 Å². The summed E-state index contributed by atoms with van der Waals surface area (Å²) in [6, 6.07) is 12.2. The first-order chi connectivity index (χ1) is 12.4. The van der Waals surface area contributed by atoms with E-state index in [0.717, 1.165) is 11.3 Å². The highest BCUT2D eigenvalue weighted by atomic mass is 35.5. The molecule has 0 spiro atoms. The van der Waals surface area contributed by atoms with Gasteiger partial charge in [-0.1, -0.05) is 35.3 Å². The number of rotatable bonds is 5. The number of amides is 1. The number of hydrogen-bond donors (Lipinski definition) is 2. The van der Waals surface area contributed by atoms with Crippen molar-refractivity contribution in [1.82, 2.24) is 4.98 Å². The van der Waals surface area contributed by atoms with Crippen molar-refractivity contribution in [3.8, 4) is 17.0 Å². The molecular weight excluding hydrogens is 393 g/mol. The standard InChI is InChI=1S/C18H15Cl2N3O2S/c1-10(25-16-7-4-12(19)8-14(16)20)17(24)23-18-22-15(9-26-18)11-2-5-13(21)6-3-11/h2-10H,21H2,1H3,(H,22,23,24). The van der Waals surface area contributed by atoms with E-state index in [2.05, 4.69) is 10.3 Å². The molecule has 0 aliphatic heterocycles. The Morgan fingerprint density at radius 1 is 1.23 bits per heavy atom. The first kappa shape index (κ1) is 18.5. The SMILES string of the molecule is CC(Oc1ccc(Cl)cc1Cl)C(=O)Nc1nc(-c2ccc(N)cc2)cs1. The summed E-state index contributed by atoms with van der Waals surface area (Å²) in [4.78, 5) is 16.7. The molecule has 134 valence electrons. The van der Waals surface area contributed by atoms with E-state index in [4.69, 9.17) is 33.7 Å². The van der Waals surface area contributed by atoms with Gasteiger partial charge in [0.15, 0.2) is 11.2 Å². The fourth-order valence-electron chi connectivity index (χ4n) is 2.14. The van der Waals surface area contributed by atoms with E-state index in [1.54, 1.807) is 37.3 Å². The van der Waals surface area contributed by atoms with E-state index in [1.807, 2.05) is 17.5 Å². The number of anilines is 2. The van der Waals surface area contributed by atoms with Crippen LogP contribution in [0.4, 0.5) is 10.8 Å². The van der Waals surface area contributed by atoms with Crippen molar-refractivity contribution in [3.05, 3.63) is 57.9 Å². The zero-order chi connectivity index (χ0) is 18.7. The summed E-state index contributed by atoms with van der Waals surface area (Å²) in [7, 11) is 0. The quantitative estimate of drug-likeness (QED) is 0.576. The molecule has 0 radical (unpaired) electrons. The van der Waals surface area contributed by atoms with Crippen LogP contribution in [0.5, 0.6) is 5.75 Å². The Hall–Kier alpha value is -2.28. The van der Waals surface area contributed by atoms with Crippen LogP contribution in [0.1, 0.15) is 6.92 Å². The van der Waals surface area contributed by atoms with Crippen molar-refractivity contribution in [2.24, 2.45) is 0 Å². The average molecular weight is 408 g/mol. The average Bonchev–Trinajstić information content (AvgIpc) is 3.06. The number of nitrogens with two attached hydrogens (primary N) is 1. The van der Waals surface area contributed by atoms with Crippen molar-refractivity contribution >= 4 is 51.3 Å². The van der Waals surface area contributed by atoms with Crippen molar-refractivity contribution in [2.45, 2.75) is 13.0 Å². The van der Waals surface area contributed by atoms with Gasteiger partial charge in [-0.25, -0.2) is 4.98 Å². The molecule has 1 heterocycles. The number of hydrogen-bond acceptors (Lipinski definition) is 5. The largest absolute Gasteiger partial charge is 0.479 e. The minimum atomic E-state index is -0.752. The van der Waals surface area contributed by atoms with Gasteiger partial charge in [0.2, 0.25) is 0 Å². The molecule has 8 heteroatoms. The molecule has 1 unspecified atom stereocenters. The first-order valence-corrected chi connectivity index (χ1v) is 9.30. The third-order valence-corrected chi connectivity index (χ3v) is 4.80. The number of benzene rings is 2. The number of carbonyl (C=O) groups is 1. The molecule has 3 rings (SSSR count). The second-order valence-corrected chi connectivity index (χ2v) is 7.19. The Labute approximate surface area is 164 Å². The Balaban J connectivity index is 1.65. The van der Waals surface area contributed by atoms with Crippen LogP contribution in [-0.4, -0.2) is 17.0 Å². The zero-order valence-electron chi connectivity index (χ0n) is 13.7. The lowest BCUT2D eigenvalue weighted by atomic mass is 10.1. The van der Waals surface area contributed by atoms with E-state index in [-0.39, 0.29) is 5.91 Å². The fourth-order valence-corrected chi connectivity index (χ4v) is 3.32. The number of nitrogens with one attached hydrogen (secondary N) is 1. The summed E-state index contributed by atoms with van der Waals surface area (Å²) in [5.41, 5.74) is 8.06. The maximum atomic E-state index is 12.3. The van der Waals surface area contributed by atoms with E-state index in [1.165, 1.54) is 11.3 Å². The lowest BCUT2D eigenvalue weighted by molar-refractivity contribution is -0.122. The lowest BCUT2D eigenvalue weighted by Crippen LogP contribution is -2.30. The Morgan fingerprint density at radius 3 is 2.65 bits per heavy atom. The van der Waals surface area contributed by atoms with Gasteiger partial charge in [-0.2, -0.15) is 0 Å². The monoisotopic (exact) mass is 407 g/mol. The predicted molar refractivity (Wildman–Crippen MR) is 107 cm³/mol. The highest BCUT2D eigenvalue weighted by molar-refractivity contribution is 7.14. The Morgan fingerprint density at radius 2 is 1.96 bits per heavy atom. The number of nitrogens with zero attached hydrogens (tertiary/aromatic N) is 1. The van der Waals surface area contributed by atoms with E-state index in [9.17, 15) is 4.79 Å². The lowest BCUT2D eigenvalue weighted by Gasteiger charge is -2.14. The van der Waals surface area contributed by atoms with Crippen molar-refractivity contribution < 1.29 is 9.53 Å². The summed E-state index contributed by atoms with van der Waals surface area (Å²) >= 11 is 13.2. The topological polar surface area (TPSA) is 77.2 Å². The maximum Gasteiger partial charge on any atom is 0.266 e. The number of halogens is 2. The van der Waals surface area contributed by atoms with Gasteiger partial charge in [0.1, 0.15) is 5.75 Å². The Kier molecular flexibility index (Phi) is 5.66. The van der Waals surface area contributed by atoms with Crippen LogP contribution in [0.2, 0.25) is 10.0 Å². The predicted octanol–water partition coefficient (Wildman–Crippen LogP) is 5.11. The van der Waals surface area contributed by atoms with Gasteiger partial charge in [0.25, 0.3) is 5.91 Å². The van der Waals surface area contributed by atoms with Crippen molar-refractivity contribution in [1.29, 1.82) is 0 Å². The van der Waals surface area contributed by atoms with Crippen LogP contribution in [0.3, 0.4) is 0 Å². The third-order valence-electron chi connectivity index (χ3n) is 3.51. The summed E-state index contributed by atoms with van der Waals surface area (Å²) < 4.78 is 5.60. The molecule has 0 saturated heterocycles. The van der Waals surface area contributed by atoms with Crippen LogP contribution < -0.4 is 15.8 Å². The molecule has 1 atom stereocenters. The molecule has 0 bridgehead atoms. The minimum absolute atomic E-state index is 0.325. The molecule has 0 aliphatic carbocycles. The van der Waals surface area contributed by atoms with Crippen molar-refractivity contribution in [3.63, 3.8) is 0 Å². The maximum absolute atomic E-state index is 12.3. The van der Waals surface area contributed by atoms with Gasteiger partial charge >= 0.3 is 0 Å². The normalized spacial score (nSPS) is 11.8. The number of thiazole rings is 1. The molecule has 2 aromatic carbocycles. The molecule has 26 heavy (non-hydrogen) atoms. The second kappa shape index (κ2) is 7.95. The smallest absolute Gasteiger partial charge is 0.266 e. The van der Waals surface area contributed by atoms with E-state index in [0.29, 0.717) is 26.6 Å².